The predicted octanol–water partition coefficient (Wildman–Crippen LogP) is 8.02. The standard InChI is InChI=1S/C13H12F2NO.3C4H9.Sn/c14-13(15)17-11-5-4-9-6-7-16(12(9)8-11)10-2-1-3-10;3*1-3-4-2;/h4-6,8,10,13H,1-3H2;3*1,3-4H2,2H3;. The Kier molecular flexibility index (Phi) is 8.91. The van der Waals surface area contributed by atoms with Crippen molar-refractivity contribution < 1.29 is 13.5 Å². The van der Waals surface area contributed by atoms with Crippen LogP contribution in [0.25, 0.3) is 10.9 Å². The van der Waals surface area contributed by atoms with Gasteiger partial charge in [-0.15, -0.1) is 0 Å². The molecule has 0 unspecified atom stereocenters. The van der Waals surface area contributed by atoms with E-state index in [1.807, 2.05) is 12.1 Å². The van der Waals surface area contributed by atoms with Crippen LogP contribution in [0.2, 0.25) is 13.3 Å². The zero-order valence-corrected chi connectivity index (χ0v) is 21.9. The number of ether oxygens (including phenoxy) is 1. The van der Waals surface area contributed by atoms with Gasteiger partial charge in [0, 0.05) is 0 Å². The molecule has 0 aliphatic heterocycles. The maximum atomic E-state index is 12.9. The molecule has 1 saturated carbocycles. The first-order valence-electron chi connectivity index (χ1n) is 12.1. The third-order valence-electron chi connectivity index (χ3n) is 7.05. The van der Waals surface area contributed by atoms with Crippen molar-refractivity contribution in [3.05, 3.63) is 24.3 Å². The van der Waals surface area contributed by atoms with Gasteiger partial charge in [-0.25, -0.2) is 0 Å². The number of rotatable bonds is 13. The van der Waals surface area contributed by atoms with Gasteiger partial charge in [0.15, 0.2) is 0 Å². The van der Waals surface area contributed by atoms with Crippen LogP contribution in [0.4, 0.5) is 8.78 Å². The molecule has 0 bridgehead atoms. The topological polar surface area (TPSA) is 14.2 Å². The van der Waals surface area contributed by atoms with Gasteiger partial charge in [-0.2, -0.15) is 0 Å². The average molecular weight is 526 g/mol. The number of fused-ring (bicyclic) bond motifs is 1. The number of halogens is 2. The van der Waals surface area contributed by atoms with E-state index in [2.05, 4.69) is 31.4 Å². The molecule has 1 fully saturated rings. The third kappa shape index (κ3) is 5.34. The van der Waals surface area contributed by atoms with E-state index >= 15 is 0 Å². The fourth-order valence-corrected chi connectivity index (χ4v) is 21.9. The summed E-state index contributed by atoms with van der Waals surface area (Å²) in [4.78, 5) is 0. The van der Waals surface area contributed by atoms with Crippen molar-refractivity contribution >= 4 is 33.0 Å². The summed E-state index contributed by atoms with van der Waals surface area (Å²) in [5, 5.41) is 1.21. The van der Waals surface area contributed by atoms with Crippen molar-refractivity contribution in [3.8, 4) is 5.75 Å². The van der Waals surface area contributed by atoms with Crippen LogP contribution in [-0.2, 0) is 0 Å². The minimum atomic E-state index is -2.77. The first-order valence-corrected chi connectivity index (χ1v) is 19.6. The van der Waals surface area contributed by atoms with Crippen molar-refractivity contribution in [2.45, 2.75) is 105 Å². The molecule has 3 rings (SSSR count). The number of hydrogen-bond acceptors (Lipinski definition) is 1. The Balaban J connectivity index is 2.14. The van der Waals surface area contributed by atoms with Crippen LogP contribution < -0.4 is 8.45 Å². The third-order valence-corrected chi connectivity index (χ3v) is 22.5. The quantitative estimate of drug-likeness (QED) is 0.241. The molecule has 2 aromatic rings. The van der Waals surface area contributed by atoms with Crippen molar-refractivity contribution in [3.63, 3.8) is 0 Å². The summed E-state index contributed by atoms with van der Waals surface area (Å²) in [6.07, 6.45) is 11.5. The molecule has 1 aliphatic carbocycles. The summed E-state index contributed by atoms with van der Waals surface area (Å²) in [6, 6.07) is 8.60. The van der Waals surface area contributed by atoms with E-state index in [0.717, 1.165) is 5.52 Å². The van der Waals surface area contributed by atoms with Gasteiger partial charge in [-0.3, -0.25) is 0 Å². The molecule has 1 aromatic heterocycles. The van der Waals surface area contributed by atoms with Gasteiger partial charge in [0.1, 0.15) is 0 Å². The molecule has 1 aromatic carbocycles. The zero-order valence-electron chi connectivity index (χ0n) is 19.1. The summed E-state index contributed by atoms with van der Waals surface area (Å²) in [5.74, 6) is 0.291. The predicted molar refractivity (Wildman–Crippen MR) is 126 cm³/mol. The van der Waals surface area contributed by atoms with Gasteiger partial charge in [-0.1, -0.05) is 0 Å². The molecular weight excluding hydrogens is 487 g/mol. The normalized spacial score (nSPS) is 15.1. The fourth-order valence-electron chi connectivity index (χ4n) is 5.13. The molecule has 1 aliphatic rings. The molecule has 0 saturated heterocycles. The van der Waals surface area contributed by atoms with E-state index in [9.17, 15) is 8.78 Å². The number of unbranched alkanes of at least 4 members (excludes halogenated alkanes) is 3. The van der Waals surface area contributed by atoms with Crippen molar-refractivity contribution in [1.82, 2.24) is 4.57 Å². The maximum absolute atomic E-state index is 12.9. The molecule has 5 heteroatoms. The molecule has 0 atom stereocenters. The number of hydrogen-bond donors (Lipinski definition) is 0. The van der Waals surface area contributed by atoms with Gasteiger partial charge >= 0.3 is 186 Å². The van der Waals surface area contributed by atoms with Gasteiger partial charge in [0.25, 0.3) is 0 Å². The van der Waals surface area contributed by atoms with Crippen molar-refractivity contribution in [1.29, 1.82) is 0 Å². The zero-order chi connectivity index (χ0) is 21.6. The van der Waals surface area contributed by atoms with E-state index in [-0.39, 0.29) is 0 Å². The van der Waals surface area contributed by atoms with E-state index in [1.54, 1.807) is 9.78 Å². The first-order chi connectivity index (χ1) is 14.5. The van der Waals surface area contributed by atoms with Crippen molar-refractivity contribution in [2.75, 3.05) is 0 Å². The van der Waals surface area contributed by atoms with Crippen LogP contribution in [0, 0.1) is 0 Å². The molecular formula is C25H39F2NOSn. The van der Waals surface area contributed by atoms with Crippen LogP contribution in [0.3, 0.4) is 0 Å². The number of nitrogens with zero attached hydrogens (tertiary/aromatic N) is 1. The summed E-state index contributed by atoms with van der Waals surface area (Å²) >= 11 is -2.64. The SMILES string of the molecule is CCC[CH2][Sn]([CH2]CCC)([CH2]CCC)[c]1cc2ccc(OC(F)F)cc2n1C1CCC1. The summed E-state index contributed by atoms with van der Waals surface area (Å²) < 4.78 is 39.0. The summed E-state index contributed by atoms with van der Waals surface area (Å²) in [7, 11) is 0. The molecule has 30 heavy (non-hydrogen) atoms. The van der Waals surface area contributed by atoms with Crippen LogP contribution in [0.1, 0.15) is 84.6 Å². The number of alkyl halides is 2. The molecule has 0 amide bonds. The van der Waals surface area contributed by atoms with Crippen LogP contribution >= 0.6 is 0 Å². The Morgan fingerprint density at radius 1 is 0.967 bits per heavy atom. The summed E-state index contributed by atoms with van der Waals surface area (Å²) in [6.45, 7) is 4.16. The van der Waals surface area contributed by atoms with Gasteiger partial charge in [0.05, 0.1) is 0 Å². The minimum absolute atomic E-state index is 0.291. The molecule has 168 valence electrons. The molecule has 0 N–H and O–H groups in total. The molecule has 0 radical (unpaired) electrons. The van der Waals surface area contributed by atoms with Gasteiger partial charge in [0.2, 0.25) is 0 Å². The Morgan fingerprint density at radius 2 is 1.57 bits per heavy atom. The Hall–Kier alpha value is -0.781. The first kappa shape index (κ1) is 23.9. The van der Waals surface area contributed by atoms with Crippen LogP contribution in [0.15, 0.2) is 24.3 Å². The van der Waals surface area contributed by atoms with E-state index in [4.69, 9.17) is 4.74 Å². The fraction of sp³-hybridized carbons (Fsp3) is 0.680. The van der Waals surface area contributed by atoms with Crippen LogP contribution in [-0.4, -0.2) is 29.6 Å². The van der Waals surface area contributed by atoms with Gasteiger partial charge < -0.3 is 0 Å². The second-order valence-corrected chi connectivity index (χ2v) is 22.2. The Labute approximate surface area is 185 Å². The summed E-state index contributed by atoms with van der Waals surface area (Å²) in [5.41, 5.74) is 1.12. The molecule has 1 heterocycles. The average Bonchev–Trinajstić information content (AvgIpc) is 3.05. The Bertz CT molecular complexity index is 778. The number of aromatic nitrogens is 1. The Morgan fingerprint density at radius 3 is 2.03 bits per heavy atom. The monoisotopic (exact) mass is 527 g/mol. The van der Waals surface area contributed by atoms with Crippen molar-refractivity contribution in [2.24, 2.45) is 0 Å². The van der Waals surface area contributed by atoms with E-state index in [1.165, 1.54) is 76.5 Å². The van der Waals surface area contributed by atoms with Gasteiger partial charge in [-0.05, 0) is 0 Å². The number of benzene rings is 1. The second kappa shape index (κ2) is 11.2. The van der Waals surface area contributed by atoms with E-state index in [0.29, 0.717) is 11.8 Å². The van der Waals surface area contributed by atoms with Crippen LogP contribution in [0.5, 0.6) is 5.75 Å². The van der Waals surface area contributed by atoms with E-state index < -0.39 is 25.0 Å². The molecule has 2 nitrogen and oxygen atoms in total. The second-order valence-electron chi connectivity index (χ2n) is 9.17. The molecule has 0 spiro atoms.